The van der Waals surface area contributed by atoms with E-state index in [2.05, 4.69) is 34.5 Å². The minimum absolute atomic E-state index is 0.671. The highest BCUT2D eigenvalue weighted by Gasteiger charge is 2.19. The monoisotopic (exact) mass is 258 g/mol. The zero-order chi connectivity index (χ0) is 12.9. The second-order valence-corrected chi connectivity index (χ2v) is 6.10. The molecule has 2 heterocycles. The average Bonchev–Trinajstić information content (AvgIpc) is 2.66. The van der Waals surface area contributed by atoms with Crippen LogP contribution >= 0.6 is 0 Å². The molecule has 0 aliphatic carbocycles. The molecule has 1 saturated heterocycles. The van der Waals surface area contributed by atoms with E-state index in [4.69, 9.17) is 0 Å². The Morgan fingerprint density at radius 1 is 1.05 bits per heavy atom. The van der Waals surface area contributed by atoms with Crippen LogP contribution < -0.4 is 5.32 Å². The molecule has 2 nitrogen and oxygen atoms in total. The first kappa shape index (κ1) is 13.0. The number of anilines is 1. The fourth-order valence-electron chi connectivity index (χ4n) is 3.47. The molecule has 0 amide bonds. The van der Waals surface area contributed by atoms with Crippen molar-refractivity contribution in [2.75, 3.05) is 25.0 Å². The van der Waals surface area contributed by atoms with Gasteiger partial charge in [0, 0.05) is 11.7 Å². The van der Waals surface area contributed by atoms with E-state index in [0.29, 0.717) is 6.04 Å². The summed E-state index contributed by atoms with van der Waals surface area (Å²) in [5, 5.41) is 3.67. The molecular weight excluding hydrogens is 232 g/mol. The minimum atomic E-state index is 0.671. The number of benzene rings is 1. The number of fused-ring (bicyclic) bond motifs is 1. The molecular formula is C17H26N2. The molecule has 1 aromatic carbocycles. The summed E-state index contributed by atoms with van der Waals surface area (Å²) in [6.45, 7) is 3.96. The maximum atomic E-state index is 3.67. The lowest BCUT2D eigenvalue weighted by atomic mass is 10.1. The van der Waals surface area contributed by atoms with Gasteiger partial charge in [-0.15, -0.1) is 0 Å². The third kappa shape index (κ3) is 3.50. The topological polar surface area (TPSA) is 15.3 Å². The van der Waals surface area contributed by atoms with E-state index in [-0.39, 0.29) is 0 Å². The summed E-state index contributed by atoms with van der Waals surface area (Å²) < 4.78 is 0. The molecule has 2 aliphatic rings. The van der Waals surface area contributed by atoms with Gasteiger partial charge in [-0.2, -0.15) is 0 Å². The van der Waals surface area contributed by atoms with E-state index < -0.39 is 0 Å². The first-order valence-electron chi connectivity index (χ1n) is 7.98. The van der Waals surface area contributed by atoms with Crippen LogP contribution in [0.3, 0.4) is 0 Å². The summed E-state index contributed by atoms with van der Waals surface area (Å²) in [6, 6.07) is 9.43. The van der Waals surface area contributed by atoms with Gasteiger partial charge in [0.15, 0.2) is 0 Å². The third-order valence-corrected chi connectivity index (χ3v) is 4.57. The normalized spacial score (nSPS) is 23.7. The first-order chi connectivity index (χ1) is 9.42. The smallest absolute Gasteiger partial charge is 0.0375 e. The number of para-hydroxylation sites is 1. The molecule has 104 valence electrons. The van der Waals surface area contributed by atoms with Gasteiger partial charge in [-0.3, -0.25) is 0 Å². The van der Waals surface area contributed by atoms with E-state index in [1.54, 1.807) is 0 Å². The number of likely N-dealkylation sites (tertiary alicyclic amines) is 1. The molecule has 3 rings (SSSR count). The summed E-state index contributed by atoms with van der Waals surface area (Å²) in [4.78, 5) is 2.68. The van der Waals surface area contributed by atoms with Crippen molar-refractivity contribution in [2.24, 2.45) is 0 Å². The van der Waals surface area contributed by atoms with Crippen molar-refractivity contribution in [1.82, 2.24) is 4.90 Å². The van der Waals surface area contributed by atoms with Crippen molar-refractivity contribution in [3.05, 3.63) is 29.8 Å². The fraction of sp³-hybridized carbons (Fsp3) is 0.647. The van der Waals surface area contributed by atoms with Gasteiger partial charge < -0.3 is 10.2 Å². The first-order valence-corrected chi connectivity index (χ1v) is 7.98. The van der Waals surface area contributed by atoms with Crippen molar-refractivity contribution in [1.29, 1.82) is 0 Å². The molecule has 1 fully saturated rings. The zero-order valence-electron chi connectivity index (χ0n) is 11.9. The lowest BCUT2D eigenvalue weighted by Gasteiger charge is -2.20. The standard InChI is InChI=1S/C17H26N2/c1-2-6-12-19(11-5-1)13-7-9-16-14-15-8-3-4-10-17(15)18-16/h3-4,8,10,16,18H,1-2,5-7,9,11-14H2. The van der Waals surface area contributed by atoms with Crippen molar-refractivity contribution in [3.8, 4) is 0 Å². The zero-order valence-corrected chi connectivity index (χ0v) is 11.9. The Bertz CT molecular complexity index is 369. The van der Waals surface area contributed by atoms with Crippen molar-refractivity contribution >= 4 is 5.69 Å². The van der Waals surface area contributed by atoms with Crippen molar-refractivity contribution in [3.63, 3.8) is 0 Å². The molecule has 1 aromatic rings. The molecule has 0 aromatic heterocycles. The Morgan fingerprint density at radius 2 is 1.84 bits per heavy atom. The third-order valence-electron chi connectivity index (χ3n) is 4.57. The van der Waals surface area contributed by atoms with Gasteiger partial charge in [-0.1, -0.05) is 31.0 Å². The Morgan fingerprint density at radius 3 is 2.63 bits per heavy atom. The van der Waals surface area contributed by atoms with E-state index in [1.807, 2.05) is 0 Å². The highest BCUT2D eigenvalue weighted by Crippen LogP contribution is 2.27. The number of nitrogens with zero attached hydrogens (tertiary/aromatic N) is 1. The molecule has 0 spiro atoms. The molecule has 2 heteroatoms. The van der Waals surface area contributed by atoms with Crippen molar-refractivity contribution in [2.45, 2.75) is 51.0 Å². The van der Waals surface area contributed by atoms with Gasteiger partial charge >= 0.3 is 0 Å². The molecule has 19 heavy (non-hydrogen) atoms. The largest absolute Gasteiger partial charge is 0.382 e. The number of hydrogen-bond acceptors (Lipinski definition) is 2. The van der Waals surface area contributed by atoms with Crippen LogP contribution in [0.2, 0.25) is 0 Å². The molecule has 1 unspecified atom stereocenters. The molecule has 1 N–H and O–H groups in total. The van der Waals surface area contributed by atoms with E-state index in [0.717, 1.165) is 0 Å². The van der Waals surface area contributed by atoms with Crippen LogP contribution in [0, 0.1) is 0 Å². The average molecular weight is 258 g/mol. The van der Waals surface area contributed by atoms with E-state index in [1.165, 1.54) is 75.8 Å². The van der Waals surface area contributed by atoms with Gasteiger partial charge in [0.25, 0.3) is 0 Å². The van der Waals surface area contributed by atoms with Crippen LogP contribution in [0.15, 0.2) is 24.3 Å². The maximum absolute atomic E-state index is 3.67. The summed E-state index contributed by atoms with van der Waals surface area (Å²) in [6.07, 6.45) is 9.57. The summed E-state index contributed by atoms with van der Waals surface area (Å²) in [5.41, 5.74) is 2.87. The summed E-state index contributed by atoms with van der Waals surface area (Å²) in [7, 11) is 0. The highest BCUT2D eigenvalue weighted by molar-refractivity contribution is 5.56. The van der Waals surface area contributed by atoms with Crippen LogP contribution in [-0.4, -0.2) is 30.6 Å². The van der Waals surface area contributed by atoms with Crippen molar-refractivity contribution < 1.29 is 0 Å². The quantitative estimate of drug-likeness (QED) is 0.886. The molecule has 0 bridgehead atoms. The van der Waals surface area contributed by atoms with E-state index >= 15 is 0 Å². The maximum Gasteiger partial charge on any atom is 0.0375 e. The van der Waals surface area contributed by atoms with Crippen LogP contribution in [0.25, 0.3) is 0 Å². The molecule has 0 radical (unpaired) electrons. The van der Waals surface area contributed by atoms with Gasteiger partial charge in [0.05, 0.1) is 0 Å². The van der Waals surface area contributed by atoms with Gasteiger partial charge in [-0.25, -0.2) is 0 Å². The van der Waals surface area contributed by atoms with E-state index in [9.17, 15) is 0 Å². The number of nitrogens with one attached hydrogen (secondary N) is 1. The van der Waals surface area contributed by atoms with Gasteiger partial charge in [-0.05, 0) is 63.4 Å². The summed E-state index contributed by atoms with van der Waals surface area (Å²) >= 11 is 0. The van der Waals surface area contributed by atoms with Gasteiger partial charge in [0.2, 0.25) is 0 Å². The Balaban J connectivity index is 1.39. The predicted molar refractivity (Wildman–Crippen MR) is 81.7 cm³/mol. The lowest BCUT2D eigenvalue weighted by Crippen LogP contribution is -2.27. The predicted octanol–water partition coefficient (Wildman–Crippen LogP) is 3.68. The second-order valence-electron chi connectivity index (χ2n) is 6.10. The van der Waals surface area contributed by atoms with Crippen LogP contribution in [-0.2, 0) is 6.42 Å². The summed E-state index contributed by atoms with van der Waals surface area (Å²) in [5.74, 6) is 0. The van der Waals surface area contributed by atoms with Crippen LogP contribution in [0.4, 0.5) is 5.69 Å². The van der Waals surface area contributed by atoms with Crippen LogP contribution in [0.1, 0.15) is 44.1 Å². The molecule has 0 saturated carbocycles. The minimum Gasteiger partial charge on any atom is -0.382 e. The SMILES string of the molecule is c1ccc2c(c1)CC(CCCN1CCCCCC1)N2. The Hall–Kier alpha value is -1.02. The van der Waals surface area contributed by atoms with Crippen LogP contribution in [0.5, 0.6) is 0 Å². The molecule has 1 atom stereocenters. The number of rotatable bonds is 4. The lowest BCUT2D eigenvalue weighted by molar-refractivity contribution is 0.277. The fourth-order valence-corrected chi connectivity index (χ4v) is 3.47. The second kappa shape index (κ2) is 6.42. The number of hydrogen-bond donors (Lipinski definition) is 1. The van der Waals surface area contributed by atoms with Gasteiger partial charge in [0.1, 0.15) is 0 Å². The molecule has 2 aliphatic heterocycles. The highest BCUT2D eigenvalue weighted by atomic mass is 15.1. The Kier molecular flexibility index (Phi) is 4.39. The Labute approximate surface area is 117 Å².